The average molecular weight is 123 g/mol. The minimum absolute atomic E-state index is 0. The Hall–Kier alpha value is -0.380. The molecule has 0 aromatic carbocycles. The SMILES string of the molecule is CCOC(N)=O.S. The van der Waals surface area contributed by atoms with Crippen LogP contribution in [0.4, 0.5) is 4.79 Å². The molecule has 0 aliphatic rings. The van der Waals surface area contributed by atoms with E-state index in [9.17, 15) is 4.79 Å². The highest BCUT2D eigenvalue weighted by molar-refractivity contribution is 7.59. The Morgan fingerprint density at radius 3 is 2.29 bits per heavy atom. The third-order valence-corrected chi connectivity index (χ3v) is 0.287. The van der Waals surface area contributed by atoms with Crippen molar-refractivity contribution < 1.29 is 9.53 Å². The van der Waals surface area contributed by atoms with E-state index in [-0.39, 0.29) is 13.5 Å². The van der Waals surface area contributed by atoms with Crippen LogP contribution in [0.15, 0.2) is 0 Å². The van der Waals surface area contributed by atoms with Gasteiger partial charge in [-0.15, -0.1) is 0 Å². The Kier molecular flexibility index (Phi) is 7.86. The van der Waals surface area contributed by atoms with Crippen LogP contribution in [0.5, 0.6) is 0 Å². The molecule has 0 spiro atoms. The number of ether oxygens (including phenoxy) is 1. The summed E-state index contributed by atoms with van der Waals surface area (Å²) in [6, 6.07) is 0. The number of rotatable bonds is 1. The lowest BCUT2D eigenvalue weighted by molar-refractivity contribution is 0.163. The van der Waals surface area contributed by atoms with E-state index in [1.54, 1.807) is 6.92 Å². The van der Waals surface area contributed by atoms with Crippen molar-refractivity contribution in [1.82, 2.24) is 0 Å². The summed E-state index contributed by atoms with van der Waals surface area (Å²) in [5, 5.41) is 0. The molecule has 0 unspecified atom stereocenters. The van der Waals surface area contributed by atoms with E-state index in [4.69, 9.17) is 0 Å². The van der Waals surface area contributed by atoms with Crippen LogP contribution in [-0.2, 0) is 4.74 Å². The molecule has 0 saturated carbocycles. The molecule has 0 aliphatic heterocycles. The first kappa shape index (κ1) is 9.80. The molecular formula is C3H9NO2S. The number of hydrogen-bond acceptors (Lipinski definition) is 2. The largest absolute Gasteiger partial charge is 0.450 e. The Morgan fingerprint density at radius 2 is 2.29 bits per heavy atom. The second-order valence-electron chi connectivity index (χ2n) is 0.752. The highest BCUT2D eigenvalue weighted by atomic mass is 32.1. The summed E-state index contributed by atoms with van der Waals surface area (Å²) in [6.07, 6.45) is -0.711. The number of primary amides is 1. The lowest BCUT2D eigenvalue weighted by atomic mass is 10.9. The predicted octanol–water partition coefficient (Wildman–Crippen LogP) is 0.214. The quantitative estimate of drug-likeness (QED) is 0.542. The molecule has 4 heteroatoms. The molecule has 44 valence electrons. The summed E-state index contributed by atoms with van der Waals surface area (Å²) in [6.45, 7) is 2.06. The van der Waals surface area contributed by atoms with Crippen molar-refractivity contribution in [3.05, 3.63) is 0 Å². The molecule has 0 aromatic rings. The zero-order chi connectivity index (χ0) is 4.99. The maximum absolute atomic E-state index is 9.60. The fourth-order valence-corrected chi connectivity index (χ4v) is 0.142. The molecular weight excluding hydrogens is 114 g/mol. The van der Waals surface area contributed by atoms with Crippen molar-refractivity contribution in [3.8, 4) is 0 Å². The highest BCUT2D eigenvalue weighted by Crippen LogP contribution is 1.66. The van der Waals surface area contributed by atoms with Gasteiger partial charge in [0.15, 0.2) is 0 Å². The van der Waals surface area contributed by atoms with Crippen molar-refractivity contribution in [2.45, 2.75) is 6.92 Å². The highest BCUT2D eigenvalue weighted by Gasteiger charge is 1.82. The lowest BCUT2D eigenvalue weighted by Crippen LogP contribution is -2.11. The van der Waals surface area contributed by atoms with Crippen molar-refractivity contribution in [3.63, 3.8) is 0 Å². The zero-order valence-corrected chi connectivity index (χ0v) is 5.10. The van der Waals surface area contributed by atoms with Crippen LogP contribution >= 0.6 is 13.5 Å². The van der Waals surface area contributed by atoms with Gasteiger partial charge in [-0.05, 0) is 6.92 Å². The molecule has 0 aliphatic carbocycles. The van der Waals surface area contributed by atoms with Gasteiger partial charge in [-0.2, -0.15) is 13.5 Å². The summed E-state index contributed by atoms with van der Waals surface area (Å²) in [5.41, 5.74) is 4.54. The summed E-state index contributed by atoms with van der Waals surface area (Å²) in [5.74, 6) is 0. The molecule has 0 heterocycles. The van der Waals surface area contributed by atoms with Gasteiger partial charge in [-0.25, -0.2) is 4.79 Å². The number of amides is 1. The molecule has 1 amide bonds. The summed E-state index contributed by atoms with van der Waals surface area (Å²) in [7, 11) is 0. The lowest BCUT2D eigenvalue weighted by Gasteiger charge is -1.89. The van der Waals surface area contributed by atoms with Crippen LogP contribution in [0.3, 0.4) is 0 Å². The molecule has 0 bridgehead atoms. The maximum Gasteiger partial charge on any atom is 0.404 e. The van der Waals surface area contributed by atoms with Gasteiger partial charge in [0.1, 0.15) is 0 Å². The fraction of sp³-hybridized carbons (Fsp3) is 0.667. The summed E-state index contributed by atoms with van der Waals surface area (Å²) in [4.78, 5) is 9.60. The molecule has 2 N–H and O–H groups in total. The van der Waals surface area contributed by atoms with Gasteiger partial charge in [0.2, 0.25) is 0 Å². The first-order valence-corrected chi connectivity index (χ1v) is 1.69. The Labute approximate surface area is 49.3 Å². The molecule has 0 radical (unpaired) electrons. The van der Waals surface area contributed by atoms with Gasteiger partial charge in [0, 0.05) is 0 Å². The van der Waals surface area contributed by atoms with E-state index in [1.807, 2.05) is 0 Å². The number of nitrogens with two attached hydrogens (primary N) is 1. The van der Waals surface area contributed by atoms with Gasteiger partial charge in [0.25, 0.3) is 0 Å². The van der Waals surface area contributed by atoms with Crippen molar-refractivity contribution >= 4 is 19.6 Å². The van der Waals surface area contributed by atoms with Crippen LogP contribution in [0.25, 0.3) is 0 Å². The minimum atomic E-state index is -0.711. The fourth-order valence-electron chi connectivity index (χ4n) is 0.142. The monoisotopic (exact) mass is 123 g/mol. The first-order valence-electron chi connectivity index (χ1n) is 1.69. The molecule has 3 nitrogen and oxygen atoms in total. The third-order valence-electron chi connectivity index (χ3n) is 0.287. The van der Waals surface area contributed by atoms with Gasteiger partial charge in [-0.1, -0.05) is 0 Å². The van der Waals surface area contributed by atoms with E-state index in [0.29, 0.717) is 6.61 Å². The zero-order valence-electron chi connectivity index (χ0n) is 4.10. The van der Waals surface area contributed by atoms with E-state index in [1.165, 1.54) is 0 Å². The predicted molar refractivity (Wildman–Crippen MR) is 31.6 cm³/mol. The van der Waals surface area contributed by atoms with Crippen molar-refractivity contribution in [2.75, 3.05) is 6.61 Å². The number of carbonyl (C=O) groups excluding carboxylic acids is 1. The third kappa shape index (κ3) is 10.7. The standard InChI is InChI=1S/C3H7NO2.H2S/c1-2-6-3(4)5;/h2H2,1H3,(H2,4,5);1H2. The topological polar surface area (TPSA) is 52.3 Å². The summed E-state index contributed by atoms with van der Waals surface area (Å²) >= 11 is 0. The van der Waals surface area contributed by atoms with Gasteiger partial charge in [0.05, 0.1) is 6.61 Å². The molecule has 0 rings (SSSR count). The first-order chi connectivity index (χ1) is 2.77. The average Bonchev–Trinajstić information content (AvgIpc) is 1.35. The van der Waals surface area contributed by atoms with Crippen LogP contribution in [0.1, 0.15) is 6.92 Å². The second-order valence-corrected chi connectivity index (χ2v) is 0.752. The Morgan fingerprint density at radius 1 is 1.86 bits per heavy atom. The van der Waals surface area contributed by atoms with E-state index in [0.717, 1.165) is 0 Å². The van der Waals surface area contributed by atoms with Crippen LogP contribution < -0.4 is 5.73 Å². The minimum Gasteiger partial charge on any atom is -0.450 e. The van der Waals surface area contributed by atoms with Crippen LogP contribution in [-0.4, -0.2) is 12.7 Å². The number of hydrogen-bond donors (Lipinski definition) is 1. The second kappa shape index (κ2) is 5.62. The molecule has 0 aromatic heterocycles. The van der Waals surface area contributed by atoms with E-state index >= 15 is 0 Å². The normalized spacial score (nSPS) is 6.43. The Bertz CT molecular complexity index is 56.9. The van der Waals surface area contributed by atoms with Crippen LogP contribution in [0, 0.1) is 0 Å². The van der Waals surface area contributed by atoms with Gasteiger partial charge >= 0.3 is 6.09 Å². The van der Waals surface area contributed by atoms with E-state index < -0.39 is 6.09 Å². The van der Waals surface area contributed by atoms with Crippen molar-refractivity contribution in [2.24, 2.45) is 5.73 Å². The summed E-state index contributed by atoms with van der Waals surface area (Å²) < 4.78 is 4.18. The van der Waals surface area contributed by atoms with Gasteiger partial charge in [-0.3, -0.25) is 0 Å². The Balaban J connectivity index is 0. The smallest absolute Gasteiger partial charge is 0.404 e. The maximum atomic E-state index is 9.60. The number of carbonyl (C=O) groups is 1. The molecule has 0 atom stereocenters. The molecule has 7 heavy (non-hydrogen) atoms. The van der Waals surface area contributed by atoms with Gasteiger partial charge < -0.3 is 10.5 Å². The molecule has 0 saturated heterocycles. The molecule has 0 fully saturated rings. The van der Waals surface area contributed by atoms with Crippen molar-refractivity contribution in [1.29, 1.82) is 0 Å². The van der Waals surface area contributed by atoms with E-state index in [2.05, 4.69) is 10.5 Å². The van der Waals surface area contributed by atoms with Crippen LogP contribution in [0.2, 0.25) is 0 Å².